The van der Waals surface area contributed by atoms with E-state index in [1.807, 2.05) is 6.07 Å². The fourth-order valence-corrected chi connectivity index (χ4v) is 4.38. The number of benzene rings is 2. The molecule has 0 spiro atoms. The molecule has 0 saturated carbocycles. The Hall–Kier alpha value is -1.84. The van der Waals surface area contributed by atoms with Crippen molar-refractivity contribution in [2.75, 3.05) is 20.3 Å². The van der Waals surface area contributed by atoms with E-state index in [9.17, 15) is 0 Å². The number of methoxy groups -OCH3 is 1. The number of rotatable bonds is 9. The molecule has 1 aliphatic rings. The number of hydrogen-bond donors (Lipinski definition) is 2. The molecule has 3 N–H and O–H groups in total. The van der Waals surface area contributed by atoms with Gasteiger partial charge in [-0.1, -0.05) is 36.4 Å². The molecule has 0 aromatic heterocycles. The number of aliphatic hydroxyl groups excluding tert-OH is 1. The standard InChI is InChI=1S/C24H33NO2/c1-27-24-7-3-2-5-19(24)10-8-18-9-11-21-16-22(13-12-20(21)15-18)23(17-25)6-4-14-26/h2-3,5,7,12-13,16,18,23,26H,4,6,8-11,14-15,17,25H2,1H3/t18-,23+/m1/s1. The van der Waals surface area contributed by atoms with Gasteiger partial charge in [-0.05, 0) is 91.6 Å². The molecule has 2 aromatic carbocycles. The molecule has 0 bridgehead atoms. The molecule has 1 aliphatic carbocycles. The average Bonchev–Trinajstić information content (AvgIpc) is 2.72. The Bertz CT molecular complexity index is 728. The maximum atomic E-state index is 9.10. The highest BCUT2D eigenvalue weighted by Crippen LogP contribution is 2.32. The molecule has 0 fully saturated rings. The number of nitrogens with two attached hydrogens (primary N) is 1. The molecule has 3 heteroatoms. The van der Waals surface area contributed by atoms with Gasteiger partial charge in [0.15, 0.2) is 0 Å². The predicted octanol–water partition coefficient (Wildman–Crippen LogP) is 4.25. The summed E-state index contributed by atoms with van der Waals surface area (Å²) in [7, 11) is 1.75. The molecule has 27 heavy (non-hydrogen) atoms. The fraction of sp³-hybridized carbons (Fsp3) is 0.500. The van der Waals surface area contributed by atoms with Gasteiger partial charge < -0.3 is 15.6 Å². The number of aliphatic hydroxyl groups is 1. The smallest absolute Gasteiger partial charge is 0.122 e. The number of aryl methyl sites for hydroxylation is 2. The zero-order valence-electron chi connectivity index (χ0n) is 16.5. The first-order valence-corrected chi connectivity index (χ1v) is 10.3. The third-order valence-corrected chi connectivity index (χ3v) is 6.04. The van der Waals surface area contributed by atoms with Gasteiger partial charge in [0, 0.05) is 6.61 Å². The van der Waals surface area contributed by atoms with Gasteiger partial charge in [-0.25, -0.2) is 0 Å². The maximum Gasteiger partial charge on any atom is 0.122 e. The molecule has 0 radical (unpaired) electrons. The van der Waals surface area contributed by atoms with E-state index in [0.29, 0.717) is 12.5 Å². The SMILES string of the molecule is COc1ccccc1CC[C@@H]1CCc2cc([C@H](CN)CCCO)ccc2C1. The Morgan fingerprint density at radius 2 is 2.04 bits per heavy atom. The molecule has 0 heterocycles. The van der Waals surface area contributed by atoms with Crippen LogP contribution >= 0.6 is 0 Å². The summed E-state index contributed by atoms with van der Waals surface area (Å²) in [6.07, 6.45) is 7.68. The van der Waals surface area contributed by atoms with E-state index in [4.69, 9.17) is 15.6 Å². The summed E-state index contributed by atoms with van der Waals surface area (Å²) in [4.78, 5) is 0. The van der Waals surface area contributed by atoms with Gasteiger partial charge in [-0.2, -0.15) is 0 Å². The van der Waals surface area contributed by atoms with Crippen molar-refractivity contribution in [1.82, 2.24) is 0 Å². The van der Waals surface area contributed by atoms with Crippen LogP contribution < -0.4 is 10.5 Å². The molecule has 0 amide bonds. The van der Waals surface area contributed by atoms with Crippen molar-refractivity contribution in [1.29, 1.82) is 0 Å². The third-order valence-electron chi connectivity index (χ3n) is 6.04. The Labute approximate surface area is 163 Å². The van der Waals surface area contributed by atoms with Crippen LogP contribution in [0.25, 0.3) is 0 Å². The topological polar surface area (TPSA) is 55.5 Å². The van der Waals surface area contributed by atoms with E-state index in [1.165, 1.54) is 41.5 Å². The molecule has 3 nitrogen and oxygen atoms in total. The highest BCUT2D eigenvalue weighted by Gasteiger charge is 2.20. The second kappa shape index (κ2) is 9.91. The van der Waals surface area contributed by atoms with E-state index < -0.39 is 0 Å². The Morgan fingerprint density at radius 3 is 2.81 bits per heavy atom. The summed E-state index contributed by atoms with van der Waals surface area (Å²) in [6, 6.07) is 15.3. The minimum absolute atomic E-state index is 0.245. The summed E-state index contributed by atoms with van der Waals surface area (Å²) >= 11 is 0. The Balaban J connectivity index is 1.61. The Morgan fingerprint density at radius 1 is 1.19 bits per heavy atom. The van der Waals surface area contributed by atoms with Crippen LogP contribution in [0.2, 0.25) is 0 Å². The van der Waals surface area contributed by atoms with Crippen molar-refractivity contribution in [3.8, 4) is 5.75 Å². The third kappa shape index (κ3) is 5.12. The molecule has 2 atom stereocenters. The van der Waals surface area contributed by atoms with Crippen molar-refractivity contribution in [2.45, 2.75) is 50.9 Å². The molecule has 2 aromatic rings. The van der Waals surface area contributed by atoms with Crippen molar-refractivity contribution in [3.05, 3.63) is 64.7 Å². The first-order chi connectivity index (χ1) is 13.2. The van der Waals surface area contributed by atoms with Crippen LogP contribution in [-0.4, -0.2) is 25.4 Å². The van der Waals surface area contributed by atoms with E-state index in [-0.39, 0.29) is 6.61 Å². The molecular weight excluding hydrogens is 334 g/mol. The van der Waals surface area contributed by atoms with Gasteiger partial charge in [0.25, 0.3) is 0 Å². The van der Waals surface area contributed by atoms with Crippen LogP contribution in [-0.2, 0) is 19.3 Å². The minimum Gasteiger partial charge on any atom is -0.496 e. The summed E-state index contributed by atoms with van der Waals surface area (Å²) in [5.74, 6) is 2.12. The number of fused-ring (bicyclic) bond motifs is 1. The fourth-order valence-electron chi connectivity index (χ4n) is 4.38. The lowest BCUT2D eigenvalue weighted by Crippen LogP contribution is -2.17. The lowest BCUT2D eigenvalue weighted by atomic mass is 9.79. The second-order valence-electron chi connectivity index (χ2n) is 7.79. The number of ether oxygens (including phenoxy) is 1. The van der Waals surface area contributed by atoms with Crippen LogP contribution in [0.3, 0.4) is 0 Å². The van der Waals surface area contributed by atoms with Crippen molar-refractivity contribution in [3.63, 3.8) is 0 Å². The van der Waals surface area contributed by atoms with E-state index in [1.54, 1.807) is 7.11 Å². The van der Waals surface area contributed by atoms with Gasteiger partial charge in [0.05, 0.1) is 7.11 Å². The number of hydrogen-bond acceptors (Lipinski definition) is 3. The van der Waals surface area contributed by atoms with Crippen molar-refractivity contribution in [2.24, 2.45) is 11.7 Å². The summed E-state index contributed by atoms with van der Waals surface area (Å²) in [5, 5.41) is 9.10. The second-order valence-corrected chi connectivity index (χ2v) is 7.79. The first kappa shape index (κ1) is 19.9. The molecule has 0 unspecified atom stereocenters. The van der Waals surface area contributed by atoms with Gasteiger partial charge >= 0.3 is 0 Å². The van der Waals surface area contributed by atoms with E-state index in [2.05, 4.69) is 36.4 Å². The summed E-state index contributed by atoms with van der Waals surface area (Å²) in [5.41, 5.74) is 11.6. The van der Waals surface area contributed by atoms with E-state index in [0.717, 1.165) is 37.4 Å². The zero-order valence-corrected chi connectivity index (χ0v) is 16.5. The first-order valence-electron chi connectivity index (χ1n) is 10.3. The average molecular weight is 368 g/mol. The summed E-state index contributed by atoms with van der Waals surface area (Å²) in [6.45, 7) is 0.898. The van der Waals surface area contributed by atoms with Crippen LogP contribution in [0.15, 0.2) is 42.5 Å². The zero-order chi connectivity index (χ0) is 19.1. The quantitative estimate of drug-likeness (QED) is 0.697. The monoisotopic (exact) mass is 367 g/mol. The van der Waals surface area contributed by atoms with Gasteiger partial charge in [0.2, 0.25) is 0 Å². The lowest BCUT2D eigenvalue weighted by molar-refractivity contribution is 0.280. The molecular formula is C24H33NO2. The van der Waals surface area contributed by atoms with E-state index >= 15 is 0 Å². The van der Waals surface area contributed by atoms with Crippen molar-refractivity contribution >= 4 is 0 Å². The summed E-state index contributed by atoms with van der Waals surface area (Å²) < 4.78 is 5.49. The number of para-hydroxylation sites is 1. The van der Waals surface area contributed by atoms with Crippen LogP contribution in [0.4, 0.5) is 0 Å². The largest absolute Gasteiger partial charge is 0.496 e. The minimum atomic E-state index is 0.245. The highest BCUT2D eigenvalue weighted by atomic mass is 16.5. The van der Waals surface area contributed by atoms with Crippen LogP contribution in [0.5, 0.6) is 5.75 Å². The molecule has 146 valence electrons. The van der Waals surface area contributed by atoms with Gasteiger partial charge in [0.1, 0.15) is 5.75 Å². The van der Waals surface area contributed by atoms with Crippen LogP contribution in [0.1, 0.15) is 53.9 Å². The molecule has 3 rings (SSSR count). The Kier molecular flexibility index (Phi) is 7.31. The maximum absolute atomic E-state index is 9.10. The normalized spacial score (nSPS) is 17.4. The van der Waals surface area contributed by atoms with Gasteiger partial charge in [-0.3, -0.25) is 0 Å². The highest BCUT2D eigenvalue weighted by molar-refractivity contribution is 5.36. The van der Waals surface area contributed by atoms with Gasteiger partial charge in [-0.15, -0.1) is 0 Å². The molecule has 0 aliphatic heterocycles. The lowest BCUT2D eigenvalue weighted by Gasteiger charge is -2.26. The predicted molar refractivity (Wildman–Crippen MR) is 111 cm³/mol. The molecule has 0 saturated heterocycles. The van der Waals surface area contributed by atoms with Crippen LogP contribution in [0, 0.1) is 5.92 Å². The van der Waals surface area contributed by atoms with Crippen molar-refractivity contribution < 1.29 is 9.84 Å².